The lowest BCUT2D eigenvalue weighted by molar-refractivity contribution is 0.174. The van der Waals surface area contributed by atoms with Crippen LogP contribution < -0.4 is 14.2 Å². The van der Waals surface area contributed by atoms with Crippen molar-refractivity contribution < 1.29 is 19.3 Å². The summed E-state index contributed by atoms with van der Waals surface area (Å²) in [5, 5.41) is 10.9. The zero-order chi connectivity index (χ0) is 21.2. The minimum Gasteiger partial charge on any atom is -0.486 e. The van der Waals surface area contributed by atoms with E-state index in [1.165, 1.54) is 0 Å². The smallest absolute Gasteiger partial charge is 0.231 e. The molecule has 2 heterocycles. The molecular formula is C25H20ClNO4. The van der Waals surface area contributed by atoms with E-state index in [2.05, 4.69) is 0 Å². The number of ether oxygens (including phenoxy) is 3. The van der Waals surface area contributed by atoms with Crippen LogP contribution in [0.5, 0.6) is 17.2 Å². The van der Waals surface area contributed by atoms with Crippen LogP contribution in [-0.4, -0.2) is 23.5 Å². The highest BCUT2D eigenvalue weighted by Gasteiger charge is 2.17. The third-order valence-electron chi connectivity index (χ3n) is 5.27. The summed E-state index contributed by atoms with van der Waals surface area (Å²) in [7, 11) is 0. The van der Waals surface area contributed by atoms with Gasteiger partial charge in [-0.3, -0.25) is 4.98 Å². The van der Waals surface area contributed by atoms with E-state index in [4.69, 9.17) is 30.8 Å². The second-order valence-electron chi connectivity index (χ2n) is 7.28. The molecule has 156 valence electrons. The first-order valence-electron chi connectivity index (χ1n) is 10.0. The summed E-state index contributed by atoms with van der Waals surface area (Å²) in [4.78, 5) is 4.70. The molecule has 31 heavy (non-hydrogen) atoms. The number of fused-ring (bicyclic) bond motifs is 2. The Morgan fingerprint density at radius 2 is 1.81 bits per heavy atom. The quantitative estimate of drug-likeness (QED) is 0.441. The Hall–Kier alpha value is -3.28. The molecule has 0 spiro atoms. The Morgan fingerprint density at radius 1 is 0.968 bits per heavy atom. The summed E-state index contributed by atoms with van der Waals surface area (Å²) in [6, 6.07) is 19.6. The minimum atomic E-state index is -0.00118. The molecule has 0 radical (unpaired) electrons. The lowest BCUT2D eigenvalue weighted by Crippen LogP contribution is -2.02. The molecule has 0 saturated heterocycles. The molecular weight excluding hydrogens is 414 g/mol. The van der Waals surface area contributed by atoms with E-state index < -0.39 is 0 Å². The van der Waals surface area contributed by atoms with E-state index in [1.54, 1.807) is 6.20 Å². The molecule has 0 atom stereocenters. The highest BCUT2D eigenvalue weighted by molar-refractivity contribution is 6.35. The Morgan fingerprint density at radius 3 is 2.65 bits per heavy atom. The van der Waals surface area contributed by atoms with Crippen LogP contribution in [0.3, 0.4) is 0 Å². The average Bonchev–Trinajstić information content (AvgIpc) is 3.27. The van der Waals surface area contributed by atoms with Gasteiger partial charge in [0.05, 0.1) is 5.02 Å². The third kappa shape index (κ3) is 3.90. The lowest BCUT2D eigenvalue weighted by atomic mass is 10.0. The average molecular weight is 434 g/mol. The molecule has 5 rings (SSSR count). The van der Waals surface area contributed by atoms with Gasteiger partial charge in [0, 0.05) is 29.3 Å². The van der Waals surface area contributed by atoms with Crippen molar-refractivity contribution in [2.24, 2.45) is 0 Å². The van der Waals surface area contributed by atoms with Crippen LogP contribution in [0.2, 0.25) is 5.02 Å². The van der Waals surface area contributed by atoms with Crippen molar-refractivity contribution in [1.29, 1.82) is 0 Å². The Balaban J connectivity index is 1.56. The number of pyridine rings is 1. The fourth-order valence-electron chi connectivity index (χ4n) is 3.71. The number of aliphatic hydroxyl groups excluding tert-OH is 1. The third-order valence-corrected chi connectivity index (χ3v) is 5.58. The van der Waals surface area contributed by atoms with Crippen molar-refractivity contribution in [3.05, 3.63) is 83.0 Å². The van der Waals surface area contributed by atoms with Crippen LogP contribution in [-0.2, 0) is 13.0 Å². The van der Waals surface area contributed by atoms with Gasteiger partial charge < -0.3 is 19.3 Å². The summed E-state index contributed by atoms with van der Waals surface area (Å²) in [5.41, 5.74) is 4.44. The molecule has 0 bridgehead atoms. The maximum atomic E-state index is 9.52. The van der Waals surface area contributed by atoms with Gasteiger partial charge in [-0.2, -0.15) is 0 Å². The van der Waals surface area contributed by atoms with Gasteiger partial charge in [0.2, 0.25) is 6.79 Å². The predicted octanol–water partition coefficient (Wildman–Crippen LogP) is 5.40. The topological polar surface area (TPSA) is 60.8 Å². The number of halogens is 1. The van der Waals surface area contributed by atoms with Crippen molar-refractivity contribution in [2.75, 3.05) is 13.4 Å². The van der Waals surface area contributed by atoms with Crippen LogP contribution in [0.4, 0.5) is 0 Å². The first-order chi connectivity index (χ1) is 15.2. The van der Waals surface area contributed by atoms with Gasteiger partial charge in [0.1, 0.15) is 17.9 Å². The SMILES string of the molecule is OCCc1cc(Cl)c2cc(-c3ccc4c(c3)OCO4)cnc2c1OCc1ccccc1. The number of aromatic nitrogens is 1. The maximum absolute atomic E-state index is 9.52. The molecule has 0 aliphatic carbocycles. The molecule has 0 saturated carbocycles. The van der Waals surface area contributed by atoms with E-state index in [1.807, 2.05) is 60.7 Å². The summed E-state index contributed by atoms with van der Waals surface area (Å²) in [6.07, 6.45) is 2.24. The van der Waals surface area contributed by atoms with E-state index in [0.717, 1.165) is 33.4 Å². The second-order valence-corrected chi connectivity index (χ2v) is 7.69. The van der Waals surface area contributed by atoms with Crippen molar-refractivity contribution in [1.82, 2.24) is 4.98 Å². The van der Waals surface area contributed by atoms with Crippen molar-refractivity contribution in [3.63, 3.8) is 0 Å². The summed E-state index contributed by atoms with van der Waals surface area (Å²) >= 11 is 6.62. The minimum absolute atomic E-state index is 0.00118. The normalized spacial score (nSPS) is 12.3. The van der Waals surface area contributed by atoms with Gasteiger partial charge in [-0.05, 0) is 41.8 Å². The van der Waals surface area contributed by atoms with Crippen LogP contribution in [0.25, 0.3) is 22.0 Å². The molecule has 1 aromatic heterocycles. The van der Waals surface area contributed by atoms with E-state index in [0.29, 0.717) is 35.1 Å². The monoisotopic (exact) mass is 433 g/mol. The van der Waals surface area contributed by atoms with Crippen molar-refractivity contribution >= 4 is 22.5 Å². The Kier molecular flexibility index (Phi) is 5.37. The van der Waals surface area contributed by atoms with Gasteiger partial charge >= 0.3 is 0 Å². The molecule has 6 heteroatoms. The number of nitrogens with zero attached hydrogens (tertiary/aromatic N) is 1. The lowest BCUT2D eigenvalue weighted by Gasteiger charge is -2.15. The fourth-order valence-corrected chi connectivity index (χ4v) is 3.98. The van der Waals surface area contributed by atoms with Gasteiger partial charge in [-0.1, -0.05) is 48.0 Å². The molecule has 3 aromatic carbocycles. The molecule has 0 amide bonds. The van der Waals surface area contributed by atoms with Crippen molar-refractivity contribution in [3.8, 4) is 28.4 Å². The predicted molar refractivity (Wildman–Crippen MR) is 120 cm³/mol. The first kappa shape index (κ1) is 19.7. The standard InChI is InChI=1S/C25H20ClNO4/c26-21-11-18(8-9-28)25(29-14-16-4-2-1-3-5-16)24-20(21)10-19(13-27-24)17-6-7-22-23(12-17)31-15-30-22/h1-7,10-13,28H,8-9,14-15H2. The van der Waals surface area contributed by atoms with E-state index in [-0.39, 0.29) is 13.4 Å². The molecule has 1 N–H and O–H groups in total. The van der Waals surface area contributed by atoms with E-state index >= 15 is 0 Å². The zero-order valence-electron chi connectivity index (χ0n) is 16.7. The number of rotatable bonds is 6. The Labute approximate surface area is 184 Å². The second kappa shape index (κ2) is 8.46. The highest BCUT2D eigenvalue weighted by atomic mass is 35.5. The number of benzene rings is 3. The molecule has 1 aliphatic heterocycles. The van der Waals surface area contributed by atoms with Gasteiger partial charge in [-0.25, -0.2) is 0 Å². The zero-order valence-corrected chi connectivity index (χ0v) is 17.4. The van der Waals surface area contributed by atoms with Crippen LogP contribution in [0.1, 0.15) is 11.1 Å². The molecule has 0 unspecified atom stereocenters. The highest BCUT2D eigenvalue weighted by Crippen LogP contribution is 2.39. The summed E-state index contributed by atoms with van der Waals surface area (Å²) in [5.74, 6) is 2.10. The first-order valence-corrected chi connectivity index (χ1v) is 10.4. The van der Waals surface area contributed by atoms with Crippen molar-refractivity contribution in [2.45, 2.75) is 13.0 Å². The maximum Gasteiger partial charge on any atom is 0.231 e. The number of aliphatic hydroxyl groups is 1. The molecule has 4 aromatic rings. The summed E-state index contributed by atoms with van der Waals surface area (Å²) < 4.78 is 17.1. The van der Waals surface area contributed by atoms with Crippen LogP contribution in [0.15, 0.2) is 66.9 Å². The van der Waals surface area contributed by atoms with Crippen LogP contribution in [0, 0.1) is 0 Å². The molecule has 1 aliphatic rings. The Bertz CT molecular complexity index is 1240. The molecule has 0 fully saturated rings. The van der Waals surface area contributed by atoms with Gasteiger partial charge in [-0.15, -0.1) is 0 Å². The molecule has 5 nitrogen and oxygen atoms in total. The van der Waals surface area contributed by atoms with Gasteiger partial charge in [0.15, 0.2) is 11.5 Å². The van der Waals surface area contributed by atoms with Gasteiger partial charge in [0.25, 0.3) is 0 Å². The largest absolute Gasteiger partial charge is 0.486 e. The number of hydrogen-bond acceptors (Lipinski definition) is 5. The number of hydrogen-bond donors (Lipinski definition) is 1. The summed E-state index contributed by atoms with van der Waals surface area (Å²) in [6.45, 7) is 0.636. The van der Waals surface area contributed by atoms with E-state index in [9.17, 15) is 5.11 Å². The van der Waals surface area contributed by atoms with Crippen LogP contribution >= 0.6 is 11.6 Å². The fraction of sp³-hybridized carbons (Fsp3) is 0.160.